The fourth-order valence-corrected chi connectivity index (χ4v) is 2.25. The second kappa shape index (κ2) is 5.36. The lowest BCUT2D eigenvalue weighted by Gasteiger charge is -2.22. The van der Waals surface area contributed by atoms with Crippen molar-refractivity contribution in [1.29, 1.82) is 0 Å². The van der Waals surface area contributed by atoms with Gasteiger partial charge in [0.05, 0.1) is 0 Å². The molecule has 0 atom stereocenters. The van der Waals surface area contributed by atoms with Crippen LogP contribution in [0.4, 0.5) is 11.5 Å². The van der Waals surface area contributed by atoms with Crippen LogP contribution in [-0.2, 0) is 0 Å². The maximum atomic E-state index is 6.18. The zero-order chi connectivity index (χ0) is 13.1. The molecule has 0 aliphatic heterocycles. The van der Waals surface area contributed by atoms with E-state index in [-0.39, 0.29) is 5.92 Å². The number of benzene rings is 1. The molecule has 1 aromatic carbocycles. The molecule has 3 nitrogen and oxygen atoms in total. The average Bonchev–Trinajstić information content (AvgIpc) is 2.38. The summed E-state index contributed by atoms with van der Waals surface area (Å²) in [4.78, 5) is 10.5. The monoisotopic (exact) mass is 261 g/mol. The van der Waals surface area contributed by atoms with Crippen molar-refractivity contribution < 1.29 is 0 Å². The van der Waals surface area contributed by atoms with E-state index in [2.05, 4.69) is 23.8 Å². The fourth-order valence-electron chi connectivity index (χ4n) is 1.90. The Balaban J connectivity index is 2.48. The molecule has 0 amide bonds. The summed E-state index contributed by atoms with van der Waals surface area (Å²) in [5, 5.41) is 0.526. The Kier molecular flexibility index (Phi) is 3.82. The second-order valence-electron chi connectivity index (χ2n) is 4.45. The number of para-hydroxylation sites is 1. The molecule has 0 unspecified atom stereocenters. The van der Waals surface area contributed by atoms with Crippen LogP contribution in [0.2, 0.25) is 5.15 Å². The molecule has 0 N–H and O–H groups in total. The number of hydrogen-bond donors (Lipinski definition) is 0. The minimum absolute atomic E-state index is 0.278. The highest BCUT2D eigenvalue weighted by atomic mass is 35.5. The van der Waals surface area contributed by atoms with Crippen LogP contribution in [0.25, 0.3) is 0 Å². The maximum absolute atomic E-state index is 6.18. The Morgan fingerprint density at radius 1 is 1.11 bits per heavy atom. The third-order valence-corrected chi connectivity index (χ3v) is 3.15. The molecule has 18 heavy (non-hydrogen) atoms. The molecule has 0 bridgehead atoms. The zero-order valence-corrected chi connectivity index (χ0v) is 11.5. The van der Waals surface area contributed by atoms with Gasteiger partial charge in [-0.1, -0.05) is 43.6 Å². The van der Waals surface area contributed by atoms with Gasteiger partial charge in [-0.3, -0.25) is 0 Å². The molecule has 0 saturated carbocycles. The molecule has 2 rings (SSSR count). The first-order valence-corrected chi connectivity index (χ1v) is 6.28. The van der Waals surface area contributed by atoms with Gasteiger partial charge in [-0.15, -0.1) is 0 Å². The summed E-state index contributed by atoms with van der Waals surface area (Å²) in [7, 11) is 1.99. The van der Waals surface area contributed by atoms with E-state index in [9.17, 15) is 0 Å². The third-order valence-electron chi connectivity index (χ3n) is 2.85. The summed E-state index contributed by atoms with van der Waals surface area (Å²) in [5.41, 5.74) is 2.06. The lowest BCUT2D eigenvalue weighted by molar-refractivity contribution is 0.839. The van der Waals surface area contributed by atoms with Gasteiger partial charge in [0.25, 0.3) is 0 Å². The van der Waals surface area contributed by atoms with Gasteiger partial charge in [0.2, 0.25) is 0 Å². The van der Waals surface area contributed by atoms with Crippen molar-refractivity contribution in [2.45, 2.75) is 19.8 Å². The van der Waals surface area contributed by atoms with E-state index in [4.69, 9.17) is 11.6 Å². The normalized spacial score (nSPS) is 10.7. The minimum atomic E-state index is 0.278. The fraction of sp³-hybridized carbons (Fsp3) is 0.286. The smallest absolute Gasteiger partial charge is 0.141 e. The highest BCUT2D eigenvalue weighted by Crippen LogP contribution is 2.33. The first-order valence-electron chi connectivity index (χ1n) is 5.90. The Morgan fingerprint density at radius 3 is 2.39 bits per heavy atom. The molecule has 2 aromatic rings. The van der Waals surface area contributed by atoms with Crippen molar-refractivity contribution in [3.63, 3.8) is 0 Å². The number of aromatic nitrogens is 2. The van der Waals surface area contributed by atoms with Crippen LogP contribution >= 0.6 is 11.6 Å². The standard InChI is InChI=1S/C14H16ClN3/c1-10(2)12-13(15)16-9-17-14(12)18(3)11-7-5-4-6-8-11/h4-10H,1-3H3. The van der Waals surface area contributed by atoms with Gasteiger partial charge in [0.15, 0.2) is 0 Å². The van der Waals surface area contributed by atoms with Gasteiger partial charge < -0.3 is 4.90 Å². The quantitative estimate of drug-likeness (QED) is 0.782. The Hall–Kier alpha value is -1.61. The van der Waals surface area contributed by atoms with Crippen LogP contribution in [-0.4, -0.2) is 17.0 Å². The Bertz CT molecular complexity index is 526. The van der Waals surface area contributed by atoms with Crippen molar-refractivity contribution in [2.75, 3.05) is 11.9 Å². The van der Waals surface area contributed by atoms with E-state index in [1.807, 2.05) is 42.3 Å². The lowest BCUT2D eigenvalue weighted by Crippen LogP contribution is -2.15. The summed E-state index contributed by atoms with van der Waals surface area (Å²) in [6.07, 6.45) is 1.50. The average molecular weight is 262 g/mol. The number of halogens is 1. The largest absolute Gasteiger partial charge is 0.329 e. The van der Waals surface area contributed by atoms with E-state index in [0.717, 1.165) is 17.1 Å². The first kappa shape index (κ1) is 12.8. The molecule has 0 saturated heterocycles. The van der Waals surface area contributed by atoms with Crippen molar-refractivity contribution in [2.24, 2.45) is 0 Å². The summed E-state index contributed by atoms with van der Waals surface area (Å²) in [6.45, 7) is 4.18. The predicted octanol–water partition coefficient (Wildman–Crippen LogP) is 4.02. The van der Waals surface area contributed by atoms with Gasteiger partial charge in [-0.05, 0) is 18.1 Å². The van der Waals surface area contributed by atoms with Crippen LogP contribution in [0.15, 0.2) is 36.7 Å². The molecule has 4 heteroatoms. The van der Waals surface area contributed by atoms with E-state index >= 15 is 0 Å². The van der Waals surface area contributed by atoms with Crippen LogP contribution in [0.3, 0.4) is 0 Å². The van der Waals surface area contributed by atoms with Crippen molar-refractivity contribution >= 4 is 23.1 Å². The van der Waals surface area contributed by atoms with Gasteiger partial charge in [0, 0.05) is 18.3 Å². The third kappa shape index (κ3) is 2.46. The lowest BCUT2D eigenvalue weighted by atomic mass is 10.1. The van der Waals surface area contributed by atoms with E-state index in [1.54, 1.807) is 0 Å². The van der Waals surface area contributed by atoms with Gasteiger partial charge >= 0.3 is 0 Å². The summed E-state index contributed by atoms with van der Waals surface area (Å²) >= 11 is 6.18. The molecular weight excluding hydrogens is 246 g/mol. The number of rotatable bonds is 3. The van der Waals surface area contributed by atoms with Crippen LogP contribution in [0.5, 0.6) is 0 Å². The predicted molar refractivity (Wildman–Crippen MR) is 75.6 cm³/mol. The highest BCUT2D eigenvalue weighted by molar-refractivity contribution is 6.30. The van der Waals surface area contributed by atoms with E-state index < -0.39 is 0 Å². The SMILES string of the molecule is CC(C)c1c(Cl)ncnc1N(C)c1ccccc1. The molecule has 0 aliphatic rings. The van der Waals surface area contributed by atoms with Crippen molar-refractivity contribution in [3.8, 4) is 0 Å². The Morgan fingerprint density at radius 2 is 1.78 bits per heavy atom. The second-order valence-corrected chi connectivity index (χ2v) is 4.81. The Labute approximate surface area is 112 Å². The van der Waals surface area contributed by atoms with Crippen LogP contribution < -0.4 is 4.90 Å². The van der Waals surface area contributed by atoms with Gasteiger partial charge in [0.1, 0.15) is 17.3 Å². The van der Waals surface area contributed by atoms with E-state index in [0.29, 0.717) is 5.15 Å². The molecule has 0 fully saturated rings. The molecule has 1 heterocycles. The van der Waals surface area contributed by atoms with Crippen molar-refractivity contribution in [1.82, 2.24) is 9.97 Å². The summed E-state index contributed by atoms with van der Waals surface area (Å²) in [5.74, 6) is 1.14. The highest BCUT2D eigenvalue weighted by Gasteiger charge is 2.17. The zero-order valence-electron chi connectivity index (χ0n) is 10.8. The van der Waals surface area contributed by atoms with Gasteiger partial charge in [-0.25, -0.2) is 9.97 Å². The van der Waals surface area contributed by atoms with Crippen LogP contribution in [0.1, 0.15) is 25.3 Å². The van der Waals surface area contributed by atoms with E-state index in [1.165, 1.54) is 6.33 Å². The molecule has 0 radical (unpaired) electrons. The molecule has 0 aliphatic carbocycles. The topological polar surface area (TPSA) is 29.0 Å². The maximum Gasteiger partial charge on any atom is 0.141 e. The van der Waals surface area contributed by atoms with Crippen molar-refractivity contribution in [3.05, 3.63) is 47.4 Å². The summed E-state index contributed by atoms with van der Waals surface area (Å²) < 4.78 is 0. The van der Waals surface area contributed by atoms with Gasteiger partial charge in [-0.2, -0.15) is 0 Å². The molecule has 0 spiro atoms. The molecule has 94 valence electrons. The molecule has 1 aromatic heterocycles. The van der Waals surface area contributed by atoms with Crippen LogP contribution in [0, 0.1) is 0 Å². The first-order chi connectivity index (χ1) is 8.61. The number of anilines is 2. The minimum Gasteiger partial charge on any atom is -0.329 e. The number of hydrogen-bond acceptors (Lipinski definition) is 3. The summed E-state index contributed by atoms with van der Waals surface area (Å²) in [6, 6.07) is 10.1. The molecular formula is C14H16ClN3. The number of nitrogens with zero attached hydrogens (tertiary/aromatic N) is 3.